The molecule has 2 spiro atoms. The molecule has 164 valence electrons. The van der Waals surface area contributed by atoms with Crippen molar-refractivity contribution in [3.8, 4) is 0 Å². The van der Waals surface area contributed by atoms with E-state index in [1.54, 1.807) is 27.1 Å². The highest BCUT2D eigenvalue weighted by atomic mass is 19.4. The molecule has 2 unspecified atom stereocenters. The molecule has 1 amide bonds. The number of amidine groups is 1. The molecule has 2 atom stereocenters. The van der Waals surface area contributed by atoms with Crippen molar-refractivity contribution in [2.45, 2.75) is 69.4 Å². The molecule has 30 heavy (non-hydrogen) atoms. The number of ether oxygens (including phenoxy) is 1. The second-order valence-corrected chi connectivity index (χ2v) is 9.07. The first kappa shape index (κ1) is 21.3. The number of halogens is 3. The van der Waals surface area contributed by atoms with Gasteiger partial charge in [0.05, 0.1) is 6.10 Å². The normalized spacial score (nSPS) is 33.2. The summed E-state index contributed by atoms with van der Waals surface area (Å²) in [6.45, 7) is 2.49. The van der Waals surface area contributed by atoms with Crippen LogP contribution < -0.4 is 0 Å². The highest BCUT2D eigenvalue weighted by Gasteiger charge is 2.66. The van der Waals surface area contributed by atoms with Gasteiger partial charge in [0.1, 0.15) is 5.84 Å². The van der Waals surface area contributed by atoms with Gasteiger partial charge in [-0.1, -0.05) is 12.1 Å². The number of methoxy groups -OCH3 is 1. The summed E-state index contributed by atoms with van der Waals surface area (Å²) in [7, 11) is 3.32. The topological polar surface area (TPSA) is 62.1 Å². The number of amides is 1. The number of fused-ring (bicyclic) bond motifs is 3. The summed E-state index contributed by atoms with van der Waals surface area (Å²) in [4.78, 5) is 19.9. The molecule has 1 fully saturated rings. The summed E-state index contributed by atoms with van der Waals surface area (Å²) in [6, 6.07) is 4.30. The van der Waals surface area contributed by atoms with Crippen LogP contribution in [0.1, 0.15) is 56.2 Å². The number of carbonyl (C=O) groups is 1. The van der Waals surface area contributed by atoms with E-state index in [4.69, 9.17) is 9.73 Å². The van der Waals surface area contributed by atoms with Gasteiger partial charge in [0.2, 0.25) is 0 Å². The molecular weight excluding hydrogens is 397 g/mol. The van der Waals surface area contributed by atoms with E-state index in [1.165, 1.54) is 17.0 Å². The van der Waals surface area contributed by atoms with Crippen molar-refractivity contribution in [2.24, 2.45) is 10.4 Å². The Hall–Kier alpha value is -1.93. The molecule has 1 aromatic rings. The maximum atomic E-state index is 13.6. The molecule has 8 heteroatoms. The van der Waals surface area contributed by atoms with Crippen LogP contribution in [0.25, 0.3) is 0 Å². The summed E-state index contributed by atoms with van der Waals surface area (Å²) < 4.78 is 46.0. The van der Waals surface area contributed by atoms with Gasteiger partial charge < -0.3 is 14.7 Å². The van der Waals surface area contributed by atoms with E-state index in [9.17, 15) is 23.1 Å². The average Bonchev–Trinajstić information content (AvgIpc) is 3.08. The molecule has 1 aromatic carbocycles. The number of rotatable bonds is 2. The predicted octanol–water partition coefficient (Wildman–Crippen LogP) is 3.67. The molecule has 3 aliphatic rings. The van der Waals surface area contributed by atoms with Gasteiger partial charge in [-0.3, -0.25) is 9.79 Å². The smallest absolute Gasteiger partial charge is 0.381 e. The Kier molecular flexibility index (Phi) is 4.64. The van der Waals surface area contributed by atoms with Crippen LogP contribution in [0.5, 0.6) is 0 Å². The fraction of sp³-hybridized carbons (Fsp3) is 0.636. The molecule has 1 heterocycles. The van der Waals surface area contributed by atoms with Gasteiger partial charge in [-0.05, 0) is 68.7 Å². The zero-order valence-electron chi connectivity index (χ0n) is 17.6. The first-order valence-electron chi connectivity index (χ1n) is 10.2. The molecule has 1 N–H and O–H groups in total. The van der Waals surface area contributed by atoms with Crippen molar-refractivity contribution in [1.82, 2.24) is 4.90 Å². The van der Waals surface area contributed by atoms with Crippen LogP contribution in [0.2, 0.25) is 0 Å². The van der Waals surface area contributed by atoms with E-state index in [0.29, 0.717) is 30.7 Å². The van der Waals surface area contributed by atoms with Crippen molar-refractivity contribution in [2.75, 3.05) is 14.2 Å². The quantitative estimate of drug-likeness (QED) is 0.788. The summed E-state index contributed by atoms with van der Waals surface area (Å²) in [5, 5.41) is 10.3. The zero-order chi connectivity index (χ0) is 22.1. The Morgan fingerprint density at radius 2 is 1.90 bits per heavy atom. The van der Waals surface area contributed by atoms with Crippen molar-refractivity contribution in [3.63, 3.8) is 0 Å². The van der Waals surface area contributed by atoms with Crippen LogP contribution in [-0.4, -0.2) is 48.2 Å². The Balaban J connectivity index is 1.89. The molecule has 4 rings (SSSR count). The second-order valence-electron chi connectivity index (χ2n) is 9.07. The van der Waals surface area contributed by atoms with Crippen LogP contribution >= 0.6 is 0 Å². The molecular formula is C22H27F3N2O3. The second kappa shape index (κ2) is 6.53. The van der Waals surface area contributed by atoms with E-state index in [2.05, 4.69) is 0 Å². The Morgan fingerprint density at radius 3 is 2.40 bits per heavy atom. The SMILES string of the molecule is COC1CCC2(CC1)Cc1ccc(C(C)(O)C(F)(F)F)cc1C21N=C(C)N(C)C1=O. The van der Waals surface area contributed by atoms with Gasteiger partial charge in [0, 0.05) is 19.6 Å². The molecule has 0 bridgehead atoms. The monoisotopic (exact) mass is 424 g/mol. The van der Waals surface area contributed by atoms with Crippen molar-refractivity contribution in [1.29, 1.82) is 0 Å². The molecule has 0 aromatic heterocycles. The van der Waals surface area contributed by atoms with Gasteiger partial charge in [-0.25, -0.2) is 0 Å². The summed E-state index contributed by atoms with van der Waals surface area (Å²) in [5.41, 5.74) is -3.72. The third-order valence-electron chi connectivity index (χ3n) is 7.56. The number of hydrogen-bond acceptors (Lipinski definition) is 4. The fourth-order valence-electron chi connectivity index (χ4n) is 5.51. The lowest BCUT2D eigenvalue weighted by Crippen LogP contribution is -2.51. The molecule has 5 nitrogen and oxygen atoms in total. The van der Waals surface area contributed by atoms with E-state index < -0.39 is 22.7 Å². The number of aliphatic imine (C=N–C) groups is 1. The van der Waals surface area contributed by atoms with Crippen LogP contribution in [-0.2, 0) is 27.1 Å². The standard InChI is InChI=1S/C22H27F3N2O3/c1-13-26-21(18(28)27(13)3)17-11-15(19(2,29)22(23,24)25)6-5-14(17)12-20(21)9-7-16(30-4)8-10-20/h5-6,11,16,29H,7-10,12H2,1-4H3. The third-order valence-corrected chi connectivity index (χ3v) is 7.56. The maximum Gasteiger partial charge on any atom is 0.421 e. The number of nitrogens with zero attached hydrogens (tertiary/aromatic N) is 2. The minimum Gasteiger partial charge on any atom is -0.381 e. The molecule has 2 aliphatic carbocycles. The number of alkyl halides is 3. The van der Waals surface area contributed by atoms with Gasteiger partial charge in [-0.2, -0.15) is 13.2 Å². The van der Waals surface area contributed by atoms with Gasteiger partial charge >= 0.3 is 6.18 Å². The summed E-state index contributed by atoms with van der Waals surface area (Å²) in [6.07, 6.45) is -1.23. The highest BCUT2D eigenvalue weighted by molar-refractivity contribution is 6.08. The first-order chi connectivity index (χ1) is 13.9. The Bertz CT molecular complexity index is 917. The van der Waals surface area contributed by atoms with Crippen molar-refractivity contribution in [3.05, 3.63) is 34.9 Å². The number of aliphatic hydroxyl groups is 1. The van der Waals surface area contributed by atoms with Crippen molar-refractivity contribution < 1.29 is 27.8 Å². The largest absolute Gasteiger partial charge is 0.421 e. The minimum absolute atomic E-state index is 0.109. The third kappa shape index (κ3) is 2.62. The zero-order valence-corrected chi connectivity index (χ0v) is 17.6. The summed E-state index contributed by atoms with van der Waals surface area (Å²) in [5.74, 6) is 0.340. The maximum absolute atomic E-state index is 13.6. The lowest BCUT2D eigenvalue weighted by molar-refractivity contribution is -0.258. The van der Waals surface area contributed by atoms with Gasteiger partial charge in [-0.15, -0.1) is 0 Å². The van der Waals surface area contributed by atoms with Gasteiger partial charge in [0.15, 0.2) is 11.1 Å². The fourth-order valence-corrected chi connectivity index (χ4v) is 5.51. The van der Waals surface area contributed by atoms with Crippen LogP contribution in [0, 0.1) is 5.41 Å². The molecule has 0 saturated heterocycles. The number of hydrogen-bond donors (Lipinski definition) is 1. The molecule has 0 radical (unpaired) electrons. The average molecular weight is 424 g/mol. The van der Waals surface area contributed by atoms with Crippen LogP contribution in [0.4, 0.5) is 13.2 Å². The Labute approximate surface area is 173 Å². The number of benzene rings is 1. The number of carbonyl (C=O) groups excluding carboxylic acids is 1. The Morgan fingerprint density at radius 1 is 1.27 bits per heavy atom. The van der Waals surface area contributed by atoms with Crippen molar-refractivity contribution >= 4 is 11.7 Å². The first-order valence-corrected chi connectivity index (χ1v) is 10.2. The predicted molar refractivity (Wildman–Crippen MR) is 105 cm³/mol. The van der Waals surface area contributed by atoms with Gasteiger partial charge in [0.25, 0.3) is 5.91 Å². The van der Waals surface area contributed by atoms with E-state index in [0.717, 1.165) is 25.3 Å². The van der Waals surface area contributed by atoms with E-state index in [1.807, 2.05) is 0 Å². The lowest BCUT2D eigenvalue weighted by Gasteiger charge is -2.45. The number of likely N-dealkylation sites (N-methyl/N-ethyl adjacent to an activating group) is 1. The van der Waals surface area contributed by atoms with E-state index >= 15 is 0 Å². The lowest BCUT2D eigenvalue weighted by atomic mass is 9.61. The highest BCUT2D eigenvalue weighted by Crippen LogP contribution is 2.62. The summed E-state index contributed by atoms with van der Waals surface area (Å²) >= 11 is 0. The molecule has 1 aliphatic heterocycles. The van der Waals surface area contributed by atoms with E-state index in [-0.39, 0.29) is 17.6 Å². The van der Waals surface area contributed by atoms with Crippen LogP contribution in [0.15, 0.2) is 23.2 Å². The minimum atomic E-state index is -4.84. The molecule has 1 saturated carbocycles. The van der Waals surface area contributed by atoms with Crippen LogP contribution in [0.3, 0.4) is 0 Å².